The lowest BCUT2D eigenvalue weighted by atomic mass is 9.98. The Morgan fingerprint density at radius 3 is 3.11 bits per heavy atom. The third-order valence-corrected chi connectivity index (χ3v) is 2.96. The molecule has 1 aliphatic heterocycles. The zero-order valence-corrected chi connectivity index (χ0v) is 10.5. The highest BCUT2D eigenvalue weighted by Crippen LogP contribution is 2.35. The largest absolute Gasteiger partial charge is 0.480 e. The summed E-state index contributed by atoms with van der Waals surface area (Å²) in [5, 5.41) is 12.5. The smallest absolute Gasteiger partial charge is 0.261 e. The van der Waals surface area contributed by atoms with Crippen molar-refractivity contribution in [2.75, 3.05) is 12.3 Å². The number of carbonyl (C=O) groups is 1. The molecule has 1 heterocycles. The standard InChI is InChI=1S/C12H14FNO3S/c13-7-1-2-10-8(5-7)9(15)6-11(17-10)12(16)14-3-4-18/h1-2,5,9,11,15,18H,3-4,6H2,(H,14,16). The number of halogens is 1. The van der Waals surface area contributed by atoms with Crippen LogP contribution in [-0.2, 0) is 4.79 Å². The fraction of sp³-hybridized carbons (Fsp3) is 0.417. The molecule has 1 amide bonds. The summed E-state index contributed by atoms with van der Waals surface area (Å²) in [5.41, 5.74) is 0.383. The summed E-state index contributed by atoms with van der Waals surface area (Å²) in [5.74, 6) is 0.150. The molecule has 2 rings (SSSR count). The Morgan fingerprint density at radius 2 is 2.39 bits per heavy atom. The lowest BCUT2D eigenvalue weighted by molar-refractivity contribution is -0.130. The van der Waals surface area contributed by atoms with Crippen molar-refractivity contribution < 1.29 is 19.0 Å². The van der Waals surface area contributed by atoms with Crippen LogP contribution in [0.2, 0.25) is 0 Å². The van der Waals surface area contributed by atoms with E-state index in [1.54, 1.807) is 0 Å². The molecule has 0 aliphatic carbocycles. The van der Waals surface area contributed by atoms with Gasteiger partial charge in [-0.05, 0) is 18.2 Å². The van der Waals surface area contributed by atoms with E-state index in [-0.39, 0.29) is 12.3 Å². The first kappa shape index (κ1) is 13.2. The molecule has 1 aromatic carbocycles. The minimum Gasteiger partial charge on any atom is -0.480 e. The number of carbonyl (C=O) groups excluding carboxylic acids is 1. The molecule has 4 nitrogen and oxygen atoms in total. The van der Waals surface area contributed by atoms with Crippen LogP contribution in [0.3, 0.4) is 0 Å². The van der Waals surface area contributed by atoms with Crippen molar-refractivity contribution in [1.29, 1.82) is 0 Å². The number of ether oxygens (including phenoxy) is 1. The molecule has 1 aliphatic rings. The average Bonchev–Trinajstić information content (AvgIpc) is 2.36. The van der Waals surface area contributed by atoms with Gasteiger partial charge in [0, 0.05) is 24.3 Å². The number of nitrogens with one attached hydrogen (secondary N) is 1. The van der Waals surface area contributed by atoms with Crippen LogP contribution in [-0.4, -0.2) is 29.4 Å². The topological polar surface area (TPSA) is 58.6 Å². The molecule has 1 aromatic rings. The van der Waals surface area contributed by atoms with Gasteiger partial charge in [0.05, 0.1) is 6.10 Å². The van der Waals surface area contributed by atoms with Crippen molar-refractivity contribution in [3.8, 4) is 5.75 Å². The number of benzene rings is 1. The molecule has 0 spiro atoms. The predicted octanol–water partition coefficient (Wildman–Crippen LogP) is 1.06. The van der Waals surface area contributed by atoms with Gasteiger partial charge < -0.3 is 15.2 Å². The fourth-order valence-electron chi connectivity index (χ4n) is 1.87. The zero-order chi connectivity index (χ0) is 13.1. The van der Waals surface area contributed by atoms with E-state index in [0.29, 0.717) is 23.6 Å². The van der Waals surface area contributed by atoms with E-state index < -0.39 is 18.0 Å². The van der Waals surface area contributed by atoms with Gasteiger partial charge in [-0.25, -0.2) is 4.39 Å². The quantitative estimate of drug-likeness (QED) is 0.720. The molecule has 0 fully saturated rings. The maximum atomic E-state index is 13.0. The molecule has 0 aromatic heterocycles. The molecular formula is C12H14FNO3S. The van der Waals surface area contributed by atoms with Gasteiger partial charge in [0.2, 0.25) is 0 Å². The van der Waals surface area contributed by atoms with Crippen LogP contribution in [0, 0.1) is 5.82 Å². The van der Waals surface area contributed by atoms with Gasteiger partial charge in [0.15, 0.2) is 6.10 Å². The highest BCUT2D eigenvalue weighted by atomic mass is 32.1. The lowest BCUT2D eigenvalue weighted by Crippen LogP contribution is -2.42. The molecule has 0 saturated carbocycles. The fourth-order valence-corrected chi connectivity index (χ4v) is 1.98. The molecule has 2 unspecified atom stereocenters. The van der Waals surface area contributed by atoms with Crippen LogP contribution in [0.4, 0.5) is 4.39 Å². The number of amides is 1. The van der Waals surface area contributed by atoms with Crippen LogP contribution in [0.1, 0.15) is 18.1 Å². The Hall–Kier alpha value is -1.27. The summed E-state index contributed by atoms with van der Waals surface area (Å²) in [6.45, 7) is 0.439. The summed E-state index contributed by atoms with van der Waals surface area (Å²) in [6.07, 6.45) is -1.52. The first-order valence-electron chi connectivity index (χ1n) is 5.64. The highest BCUT2D eigenvalue weighted by molar-refractivity contribution is 7.80. The van der Waals surface area contributed by atoms with E-state index in [9.17, 15) is 14.3 Å². The van der Waals surface area contributed by atoms with Gasteiger partial charge >= 0.3 is 0 Å². The Kier molecular flexibility index (Phi) is 4.08. The molecule has 6 heteroatoms. The van der Waals surface area contributed by atoms with Gasteiger partial charge in [0.25, 0.3) is 5.91 Å². The van der Waals surface area contributed by atoms with Crippen molar-refractivity contribution in [1.82, 2.24) is 5.32 Å². The van der Waals surface area contributed by atoms with Gasteiger partial charge in [-0.1, -0.05) is 0 Å². The van der Waals surface area contributed by atoms with Crippen LogP contribution in [0.5, 0.6) is 5.75 Å². The van der Waals surface area contributed by atoms with Crippen LogP contribution in [0.15, 0.2) is 18.2 Å². The second-order valence-electron chi connectivity index (χ2n) is 4.05. The normalized spacial score (nSPS) is 21.9. The van der Waals surface area contributed by atoms with E-state index >= 15 is 0 Å². The summed E-state index contributed by atoms with van der Waals surface area (Å²) in [7, 11) is 0. The number of thiol groups is 1. The Balaban J connectivity index is 2.13. The number of hydrogen-bond acceptors (Lipinski definition) is 4. The maximum absolute atomic E-state index is 13.0. The van der Waals surface area contributed by atoms with E-state index in [2.05, 4.69) is 17.9 Å². The SMILES string of the molecule is O=C(NCCS)C1CC(O)c2cc(F)ccc2O1. The van der Waals surface area contributed by atoms with Crippen LogP contribution in [0.25, 0.3) is 0 Å². The van der Waals surface area contributed by atoms with E-state index in [0.717, 1.165) is 0 Å². The third kappa shape index (κ3) is 2.76. The van der Waals surface area contributed by atoms with E-state index in [4.69, 9.17) is 4.74 Å². The van der Waals surface area contributed by atoms with Gasteiger partial charge in [-0.3, -0.25) is 4.79 Å². The molecule has 98 valence electrons. The Morgan fingerprint density at radius 1 is 1.61 bits per heavy atom. The van der Waals surface area contributed by atoms with Crippen molar-refractivity contribution in [2.45, 2.75) is 18.6 Å². The summed E-state index contributed by atoms with van der Waals surface area (Å²) in [6, 6.07) is 3.88. The average molecular weight is 271 g/mol. The van der Waals surface area contributed by atoms with Crippen molar-refractivity contribution >= 4 is 18.5 Å². The predicted molar refractivity (Wildman–Crippen MR) is 67.3 cm³/mol. The zero-order valence-electron chi connectivity index (χ0n) is 9.60. The second kappa shape index (κ2) is 5.58. The molecule has 2 atom stereocenters. The molecule has 0 saturated heterocycles. The molecular weight excluding hydrogens is 257 g/mol. The van der Waals surface area contributed by atoms with E-state index in [1.807, 2.05) is 0 Å². The number of rotatable bonds is 3. The lowest BCUT2D eigenvalue weighted by Gasteiger charge is -2.28. The van der Waals surface area contributed by atoms with Crippen molar-refractivity contribution in [3.05, 3.63) is 29.6 Å². The minimum absolute atomic E-state index is 0.120. The van der Waals surface area contributed by atoms with Crippen LogP contribution < -0.4 is 10.1 Å². The first-order chi connectivity index (χ1) is 8.61. The number of aliphatic hydroxyl groups excluding tert-OH is 1. The summed E-state index contributed by atoms with van der Waals surface area (Å²) >= 11 is 3.99. The monoisotopic (exact) mass is 271 g/mol. The number of hydrogen-bond donors (Lipinski definition) is 3. The minimum atomic E-state index is -0.892. The highest BCUT2D eigenvalue weighted by Gasteiger charge is 2.31. The molecule has 18 heavy (non-hydrogen) atoms. The first-order valence-corrected chi connectivity index (χ1v) is 6.28. The van der Waals surface area contributed by atoms with Crippen molar-refractivity contribution in [3.63, 3.8) is 0 Å². The van der Waals surface area contributed by atoms with E-state index in [1.165, 1.54) is 18.2 Å². The molecule has 0 bridgehead atoms. The number of aliphatic hydroxyl groups is 1. The van der Waals surface area contributed by atoms with Gasteiger partial charge in [0.1, 0.15) is 11.6 Å². The summed E-state index contributed by atoms with van der Waals surface area (Å²) < 4.78 is 18.5. The number of fused-ring (bicyclic) bond motifs is 1. The maximum Gasteiger partial charge on any atom is 0.261 e. The molecule has 2 N–H and O–H groups in total. The second-order valence-corrected chi connectivity index (χ2v) is 4.50. The van der Waals surface area contributed by atoms with Crippen molar-refractivity contribution in [2.24, 2.45) is 0 Å². The summed E-state index contributed by atoms with van der Waals surface area (Å²) in [4.78, 5) is 11.7. The Bertz CT molecular complexity index is 455. The molecule has 0 radical (unpaired) electrons. The third-order valence-electron chi connectivity index (χ3n) is 2.74. The van der Waals surface area contributed by atoms with Gasteiger partial charge in [-0.2, -0.15) is 12.6 Å². The van der Waals surface area contributed by atoms with Gasteiger partial charge in [-0.15, -0.1) is 0 Å². The Labute approximate surface area is 110 Å². The van der Waals surface area contributed by atoms with Crippen LogP contribution >= 0.6 is 12.6 Å².